The first kappa shape index (κ1) is 24.1. The van der Waals surface area contributed by atoms with Gasteiger partial charge < -0.3 is 14.2 Å². The molecule has 2 aromatic carbocycles. The third-order valence-electron chi connectivity index (χ3n) is 4.44. The molecule has 0 spiro atoms. The Balaban J connectivity index is 1.85. The molecular weight excluding hydrogens is 543 g/mol. The number of methoxy groups -OCH3 is 1. The third kappa shape index (κ3) is 5.44. The number of thioether (sulfide) groups is 1. The Morgan fingerprint density at radius 2 is 1.91 bits per heavy atom. The van der Waals surface area contributed by atoms with Gasteiger partial charge in [-0.2, -0.15) is 0 Å². The maximum Gasteiger partial charge on any atom is 0.338 e. The van der Waals surface area contributed by atoms with E-state index in [0.29, 0.717) is 46.0 Å². The number of hydrogen-bond acceptors (Lipinski definition) is 7. The van der Waals surface area contributed by atoms with Gasteiger partial charge in [-0.1, -0.05) is 0 Å². The van der Waals surface area contributed by atoms with Gasteiger partial charge in [0.15, 0.2) is 16.7 Å². The summed E-state index contributed by atoms with van der Waals surface area (Å²) >= 11 is 3.48. The predicted molar refractivity (Wildman–Crippen MR) is 135 cm³/mol. The Hall–Kier alpha value is -2.53. The van der Waals surface area contributed by atoms with Gasteiger partial charge >= 0.3 is 5.97 Å². The lowest BCUT2D eigenvalue weighted by Crippen LogP contribution is -2.23. The highest BCUT2D eigenvalue weighted by Crippen LogP contribution is 2.37. The molecule has 32 heavy (non-hydrogen) atoms. The number of amides is 1. The standard InChI is InChI=1S/C23H23IN2O5S/c1-5-30-18-12-14(11-17(24)20(18)29-4)13-19-21(27)26(3)23(32-19)25-16-9-7-15(8-10-16)22(28)31-6-2/h7-13H,5-6H2,1-4H3. The van der Waals surface area contributed by atoms with E-state index in [4.69, 9.17) is 14.2 Å². The van der Waals surface area contributed by atoms with Gasteiger partial charge in [0.2, 0.25) is 0 Å². The lowest BCUT2D eigenvalue weighted by molar-refractivity contribution is -0.121. The maximum absolute atomic E-state index is 12.8. The number of likely N-dealkylation sites (N-methyl/N-ethyl adjacent to an activating group) is 1. The van der Waals surface area contributed by atoms with Crippen LogP contribution in [0.1, 0.15) is 29.8 Å². The molecule has 3 rings (SSSR count). The van der Waals surface area contributed by atoms with Crippen LogP contribution in [0.25, 0.3) is 6.08 Å². The summed E-state index contributed by atoms with van der Waals surface area (Å²) in [5.74, 6) is 0.791. The molecule has 0 aromatic heterocycles. The van der Waals surface area contributed by atoms with Crippen LogP contribution in [0.2, 0.25) is 0 Å². The van der Waals surface area contributed by atoms with Crippen molar-refractivity contribution in [1.29, 1.82) is 0 Å². The molecule has 0 N–H and O–H groups in total. The second kappa shape index (κ2) is 10.9. The van der Waals surface area contributed by atoms with Gasteiger partial charge in [-0.3, -0.25) is 9.69 Å². The van der Waals surface area contributed by atoms with Crippen molar-refractivity contribution in [1.82, 2.24) is 4.90 Å². The molecule has 0 unspecified atom stereocenters. The average Bonchev–Trinajstić information content (AvgIpc) is 3.02. The fourth-order valence-corrected chi connectivity index (χ4v) is 4.76. The Morgan fingerprint density at radius 1 is 1.19 bits per heavy atom. The highest BCUT2D eigenvalue weighted by atomic mass is 127. The molecule has 9 heteroatoms. The summed E-state index contributed by atoms with van der Waals surface area (Å²) in [4.78, 5) is 31.2. The van der Waals surface area contributed by atoms with Crippen LogP contribution in [0.4, 0.5) is 5.69 Å². The number of amidine groups is 1. The molecule has 1 aliphatic heterocycles. The van der Waals surface area contributed by atoms with E-state index >= 15 is 0 Å². The van der Waals surface area contributed by atoms with Crippen molar-refractivity contribution in [3.63, 3.8) is 0 Å². The van der Waals surface area contributed by atoms with E-state index in [1.54, 1.807) is 45.3 Å². The number of benzene rings is 2. The molecule has 1 fully saturated rings. The van der Waals surface area contributed by atoms with Crippen molar-refractivity contribution < 1.29 is 23.8 Å². The van der Waals surface area contributed by atoms with Gasteiger partial charge in [-0.25, -0.2) is 9.79 Å². The molecule has 0 bridgehead atoms. The first-order chi connectivity index (χ1) is 15.4. The number of ether oxygens (including phenoxy) is 3. The second-order valence-electron chi connectivity index (χ2n) is 6.60. The minimum atomic E-state index is -0.375. The van der Waals surface area contributed by atoms with Crippen LogP contribution in [0.3, 0.4) is 0 Å². The molecular formula is C23H23IN2O5S. The van der Waals surface area contributed by atoms with Crippen LogP contribution >= 0.6 is 34.4 Å². The Kier molecular flexibility index (Phi) is 8.19. The number of nitrogens with zero attached hydrogens (tertiary/aromatic N) is 2. The fourth-order valence-electron chi connectivity index (χ4n) is 2.93. The Labute approximate surface area is 205 Å². The van der Waals surface area contributed by atoms with Crippen LogP contribution in [0.15, 0.2) is 46.3 Å². The van der Waals surface area contributed by atoms with Crippen LogP contribution in [-0.2, 0) is 9.53 Å². The monoisotopic (exact) mass is 566 g/mol. The van der Waals surface area contributed by atoms with E-state index in [9.17, 15) is 9.59 Å². The SMILES string of the molecule is CCOC(=O)c1ccc(N=C2SC(=Cc3cc(I)c(OC)c(OCC)c3)C(=O)N2C)cc1. The molecule has 0 saturated carbocycles. The van der Waals surface area contributed by atoms with E-state index in [1.165, 1.54) is 16.7 Å². The van der Waals surface area contributed by atoms with Crippen LogP contribution in [-0.4, -0.2) is 49.3 Å². The Morgan fingerprint density at radius 3 is 2.53 bits per heavy atom. The zero-order valence-corrected chi connectivity index (χ0v) is 21.2. The highest BCUT2D eigenvalue weighted by Gasteiger charge is 2.30. The molecule has 1 aliphatic rings. The van der Waals surface area contributed by atoms with Gasteiger partial charge in [-0.15, -0.1) is 0 Å². The lowest BCUT2D eigenvalue weighted by Gasteiger charge is -2.12. The number of rotatable bonds is 7. The third-order valence-corrected chi connectivity index (χ3v) is 6.30. The number of aliphatic imine (C=N–C) groups is 1. The van der Waals surface area contributed by atoms with Crippen LogP contribution in [0.5, 0.6) is 11.5 Å². The number of carbonyl (C=O) groups excluding carboxylic acids is 2. The van der Waals surface area contributed by atoms with Gasteiger partial charge in [0, 0.05) is 7.05 Å². The fraction of sp³-hybridized carbons (Fsp3) is 0.261. The average molecular weight is 566 g/mol. The minimum absolute atomic E-state index is 0.138. The maximum atomic E-state index is 12.8. The smallest absolute Gasteiger partial charge is 0.338 e. The van der Waals surface area contributed by atoms with E-state index in [1.807, 2.05) is 25.1 Å². The molecule has 1 saturated heterocycles. The summed E-state index contributed by atoms with van der Waals surface area (Å²) in [6, 6.07) is 10.6. The molecule has 0 atom stereocenters. The zero-order valence-electron chi connectivity index (χ0n) is 18.2. The van der Waals surface area contributed by atoms with Crippen molar-refractivity contribution in [3.05, 3.63) is 56.0 Å². The van der Waals surface area contributed by atoms with Crippen molar-refractivity contribution in [2.24, 2.45) is 4.99 Å². The topological polar surface area (TPSA) is 77.4 Å². The summed E-state index contributed by atoms with van der Waals surface area (Å²) in [5, 5.41) is 0.554. The Bertz CT molecular complexity index is 1080. The number of halogens is 1. The summed E-state index contributed by atoms with van der Waals surface area (Å²) in [6.45, 7) is 4.50. The molecule has 2 aromatic rings. The molecule has 1 heterocycles. The molecule has 0 aliphatic carbocycles. The van der Waals surface area contributed by atoms with E-state index < -0.39 is 0 Å². The quantitative estimate of drug-likeness (QED) is 0.264. The number of carbonyl (C=O) groups is 2. The summed E-state index contributed by atoms with van der Waals surface area (Å²) in [5.41, 5.74) is 1.93. The zero-order chi connectivity index (χ0) is 23.3. The van der Waals surface area contributed by atoms with Gasteiger partial charge in [0.1, 0.15) is 0 Å². The summed E-state index contributed by atoms with van der Waals surface area (Å²) in [7, 11) is 3.29. The van der Waals surface area contributed by atoms with Crippen molar-refractivity contribution in [3.8, 4) is 11.5 Å². The van der Waals surface area contributed by atoms with Crippen LogP contribution < -0.4 is 9.47 Å². The highest BCUT2D eigenvalue weighted by molar-refractivity contribution is 14.1. The van der Waals surface area contributed by atoms with Gasteiger partial charge in [0.05, 0.1) is 40.0 Å². The number of esters is 1. The van der Waals surface area contributed by atoms with E-state index in [-0.39, 0.29) is 11.9 Å². The van der Waals surface area contributed by atoms with Crippen molar-refractivity contribution >= 4 is 63.2 Å². The summed E-state index contributed by atoms with van der Waals surface area (Å²) in [6.07, 6.45) is 1.82. The lowest BCUT2D eigenvalue weighted by atomic mass is 10.2. The first-order valence-electron chi connectivity index (χ1n) is 9.91. The summed E-state index contributed by atoms with van der Waals surface area (Å²) < 4.78 is 17.0. The van der Waals surface area contributed by atoms with Crippen molar-refractivity contribution in [2.45, 2.75) is 13.8 Å². The first-order valence-corrected chi connectivity index (χ1v) is 11.8. The number of hydrogen-bond donors (Lipinski definition) is 0. The van der Waals surface area contributed by atoms with Gasteiger partial charge in [0.25, 0.3) is 5.91 Å². The van der Waals surface area contributed by atoms with Crippen molar-refractivity contribution in [2.75, 3.05) is 27.4 Å². The molecule has 7 nitrogen and oxygen atoms in total. The largest absolute Gasteiger partial charge is 0.492 e. The normalized spacial score (nSPS) is 16.0. The van der Waals surface area contributed by atoms with Gasteiger partial charge in [-0.05, 0) is 96.2 Å². The van der Waals surface area contributed by atoms with Crippen LogP contribution in [0, 0.1) is 3.57 Å². The molecule has 168 valence electrons. The second-order valence-corrected chi connectivity index (χ2v) is 8.77. The van der Waals surface area contributed by atoms with E-state index in [2.05, 4.69) is 27.6 Å². The molecule has 1 amide bonds. The predicted octanol–water partition coefficient (Wildman–Crippen LogP) is 5.11. The van der Waals surface area contributed by atoms with E-state index in [0.717, 1.165) is 9.13 Å². The minimum Gasteiger partial charge on any atom is -0.492 e. The molecule has 0 radical (unpaired) electrons.